The molecule has 0 bridgehead atoms. The van der Waals surface area contributed by atoms with Gasteiger partial charge in [0, 0.05) is 27.6 Å². The van der Waals surface area contributed by atoms with Crippen molar-refractivity contribution in [2.24, 2.45) is 0 Å². The third kappa shape index (κ3) is 5.71. The van der Waals surface area contributed by atoms with E-state index in [-0.39, 0.29) is 5.75 Å². The van der Waals surface area contributed by atoms with Crippen LogP contribution in [0.3, 0.4) is 0 Å². The smallest absolute Gasteiger partial charge is 0.143 e. The molecule has 0 aliphatic rings. The molecule has 1 heterocycles. The molecule has 0 saturated carbocycles. The van der Waals surface area contributed by atoms with E-state index >= 15 is 0 Å². The highest BCUT2D eigenvalue weighted by Gasteiger charge is 2.16. The summed E-state index contributed by atoms with van der Waals surface area (Å²) >= 11 is 0. The zero-order chi connectivity index (χ0) is 34.1. The van der Waals surface area contributed by atoms with Crippen LogP contribution in [0, 0.1) is 0 Å². The maximum absolute atomic E-state index is 11.3. The second-order valence-electron chi connectivity index (χ2n) is 12.7. The molecular formula is C48H33NO2. The zero-order valence-electron chi connectivity index (χ0n) is 27.8. The number of anilines is 2. The lowest BCUT2D eigenvalue weighted by Crippen LogP contribution is -1.95. The van der Waals surface area contributed by atoms with Crippen molar-refractivity contribution in [1.29, 1.82) is 0 Å². The van der Waals surface area contributed by atoms with Gasteiger partial charge in [0.25, 0.3) is 0 Å². The Morgan fingerprint density at radius 1 is 0.373 bits per heavy atom. The minimum Gasteiger partial charge on any atom is -0.507 e. The number of rotatable bonds is 7. The van der Waals surface area contributed by atoms with E-state index in [9.17, 15) is 5.11 Å². The Kier molecular flexibility index (Phi) is 7.64. The van der Waals surface area contributed by atoms with E-state index in [1.54, 1.807) is 6.07 Å². The van der Waals surface area contributed by atoms with Gasteiger partial charge in [0.15, 0.2) is 0 Å². The van der Waals surface area contributed by atoms with Gasteiger partial charge in [-0.25, -0.2) is 0 Å². The largest absolute Gasteiger partial charge is 0.507 e. The van der Waals surface area contributed by atoms with Crippen LogP contribution in [0.4, 0.5) is 11.4 Å². The second-order valence-corrected chi connectivity index (χ2v) is 12.7. The summed E-state index contributed by atoms with van der Waals surface area (Å²) in [4.78, 5) is 0. The summed E-state index contributed by atoms with van der Waals surface area (Å²) in [5, 5.41) is 17.1. The van der Waals surface area contributed by atoms with Crippen molar-refractivity contribution in [2.75, 3.05) is 5.32 Å². The fourth-order valence-corrected chi connectivity index (χ4v) is 7.07. The lowest BCUT2D eigenvalue weighted by Gasteiger charge is -2.17. The van der Waals surface area contributed by atoms with Crippen LogP contribution < -0.4 is 5.32 Å². The first-order chi connectivity index (χ1) is 25.2. The molecule has 242 valence electrons. The molecular weight excluding hydrogens is 623 g/mol. The Labute approximate surface area is 296 Å². The van der Waals surface area contributed by atoms with Crippen LogP contribution in [-0.4, -0.2) is 5.11 Å². The maximum atomic E-state index is 11.3. The summed E-state index contributed by atoms with van der Waals surface area (Å²) in [6.45, 7) is 0. The highest BCUT2D eigenvalue weighted by molar-refractivity contribution is 6.09. The van der Waals surface area contributed by atoms with Gasteiger partial charge in [0.1, 0.15) is 16.9 Å². The van der Waals surface area contributed by atoms with Crippen molar-refractivity contribution in [1.82, 2.24) is 0 Å². The number of hydrogen-bond donors (Lipinski definition) is 2. The minimum absolute atomic E-state index is 0.218. The molecule has 0 fully saturated rings. The van der Waals surface area contributed by atoms with Crippen molar-refractivity contribution < 1.29 is 9.52 Å². The standard InChI is InChI=1S/C48H33NO2/c50-45-18-9-17-44(49-38-30-28-37(29-31-38)40-15-8-16-43-41-13-6-7-19-46(41)51-48(40)43)47(45)42-14-5-4-12-39(42)36-26-24-35(25-27-36)34-22-20-33(21-23-34)32-10-2-1-3-11-32/h1-31,49-50H. The van der Waals surface area contributed by atoms with E-state index in [1.807, 2.05) is 48.5 Å². The summed E-state index contributed by atoms with van der Waals surface area (Å²) in [5.41, 5.74) is 14.2. The van der Waals surface area contributed by atoms with E-state index in [0.29, 0.717) is 0 Å². The van der Waals surface area contributed by atoms with E-state index in [2.05, 4.69) is 139 Å². The first kappa shape index (κ1) is 30.2. The molecule has 3 heteroatoms. The van der Waals surface area contributed by atoms with Gasteiger partial charge in [-0.15, -0.1) is 0 Å². The van der Waals surface area contributed by atoms with E-state index in [0.717, 1.165) is 72.3 Å². The summed E-state index contributed by atoms with van der Waals surface area (Å²) in [6.07, 6.45) is 0. The van der Waals surface area contributed by atoms with Gasteiger partial charge in [-0.1, -0.05) is 158 Å². The Hall–Kier alpha value is -6.84. The Bertz CT molecular complexity index is 2640. The molecule has 3 nitrogen and oxygen atoms in total. The fraction of sp³-hybridized carbons (Fsp3) is 0. The Balaban J connectivity index is 1.00. The fourth-order valence-electron chi connectivity index (χ4n) is 7.07. The molecule has 0 aliphatic carbocycles. The van der Waals surface area contributed by atoms with Crippen molar-refractivity contribution in [3.05, 3.63) is 188 Å². The molecule has 9 rings (SSSR count). The molecule has 2 N–H and O–H groups in total. The molecule has 0 spiro atoms. The summed E-state index contributed by atoms with van der Waals surface area (Å²) in [5.74, 6) is 0.218. The van der Waals surface area contributed by atoms with Crippen molar-refractivity contribution >= 4 is 33.3 Å². The van der Waals surface area contributed by atoms with E-state index in [4.69, 9.17) is 4.42 Å². The zero-order valence-corrected chi connectivity index (χ0v) is 27.8. The number of fused-ring (bicyclic) bond motifs is 3. The third-order valence-electron chi connectivity index (χ3n) is 9.64. The quantitative estimate of drug-likeness (QED) is 0.180. The normalized spacial score (nSPS) is 11.2. The van der Waals surface area contributed by atoms with Crippen LogP contribution in [0.15, 0.2) is 192 Å². The Morgan fingerprint density at radius 2 is 0.882 bits per heavy atom. The maximum Gasteiger partial charge on any atom is 0.143 e. The lowest BCUT2D eigenvalue weighted by atomic mass is 9.91. The second kappa shape index (κ2) is 12.9. The molecule has 0 radical (unpaired) electrons. The topological polar surface area (TPSA) is 45.4 Å². The predicted molar refractivity (Wildman–Crippen MR) is 212 cm³/mol. The number of para-hydroxylation sites is 2. The van der Waals surface area contributed by atoms with Gasteiger partial charge in [-0.3, -0.25) is 0 Å². The van der Waals surface area contributed by atoms with E-state index < -0.39 is 0 Å². The number of phenolic OH excluding ortho intramolecular Hbond substituents is 1. The third-order valence-corrected chi connectivity index (χ3v) is 9.64. The number of benzene rings is 8. The SMILES string of the molecule is Oc1cccc(Nc2ccc(-c3cccc4c3oc3ccccc34)cc2)c1-c1ccccc1-c1ccc(-c2ccc(-c3ccccc3)cc2)cc1. The van der Waals surface area contributed by atoms with Gasteiger partial charge in [-0.05, 0) is 74.8 Å². The van der Waals surface area contributed by atoms with Gasteiger partial charge < -0.3 is 14.8 Å². The van der Waals surface area contributed by atoms with Crippen LogP contribution in [0.1, 0.15) is 0 Å². The van der Waals surface area contributed by atoms with E-state index in [1.165, 1.54) is 16.7 Å². The minimum atomic E-state index is 0.218. The highest BCUT2D eigenvalue weighted by Crippen LogP contribution is 2.43. The number of phenols is 1. The van der Waals surface area contributed by atoms with Crippen molar-refractivity contribution in [2.45, 2.75) is 0 Å². The van der Waals surface area contributed by atoms with Crippen LogP contribution in [-0.2, 0) is 0 Å². The summed E-state index contributed by atoms with van der Waals surface area (Å²) in [7, 11) is 0. The van der Waals surface area contributed by atoms with Gasteiger partial charge in [-0.2, -0.15) is 0 Å². The highest BCUT2D eigenvalue weighted by atomic mass is 16.3. The molecule has 0 amide bonds. The average Bonchev–Trinajstić information content (AvgIpc) is 3.58. The lowest BCUT2D eigenvalue weighted by molar-refractivity contribution is 0.477. The van der Waals surface area contributed by atoms with Crippen molar-refractivity contribution in [3.63, 3.8) is 0 Å². The van der Waals surface area contributed by atoms with Crippen LogP contribution in [0.5, 0.6) is 5.75 Å². The average molecular weight is 656 g/mol. The molecule has 0 unspecified atom stereocenters. The number of hydrogen-bond acceptors (Lipinski definition) is 3. The van der Waals surface area contributed by atoms with Gasteiger partial charge in [0.05, 0.1) is 5.69 Å². The molecule has 51 heavy (non-hydrogen) atoms. The summed E-state index contributed by atoms with van der Waals surface area (Å²) in [6, 6.07) is 64.5. The van der Waals surface area contributed by atoms with Crippen LogP contribution >= 0.6 is 0 Å². The first-order valence-corrected chi connectivity index (χ1v) is 17.1. The van der Waals surface area contributed by atoms with Gasteiger partial charge in [0.2, 0.25) is 0 Å². The first-order valence-electron chi connectivity index (χ1n) is 17.1. The Morgan fingerprint density at radius 3 is 1.61 bits per heavy atom. The predicted octanol–water partition coefficient (Wildman–Crippen LogP) is 13.4. The van der Waals surface area contributed by atoms with Crippen molar-refractivity contribution in [3.8, 4) is 61.4 Å². The molecule has 9 aromatic rings. The van der Waals surface area contributed by atoms with Crippen LogP contribution in [0.2, 0.25) is 0 Å². The molecule has 1 aromatic heterocycles. The molecule has 0 saturated heterocycles. The molecule has 0 aliphatic heterocycles. The number of furan rings is 1. The summed E-state index contributed by atoms with van der Waals surface area (Å²) < 4.78 is 6.29. The van der Waals surface area contributed by atoms with Gasteiger partial charge >= 0.3 is 0 Å². The van der Waals surface area contributed by atoms with Crippen LogP contribution in [0.25, 0.3) is 77.6 Å². The molecule has 0 atom stereocenters. The number of nitrogens with one attached hydrogen (secondary N) is 1. The number of aromatic hydroxyl groups is 1. The monoisotopic (exact) mass is 655 g/mol. The molecule has 8 aromatic carbocycles.